The fourth-order valence-corrected chi connectivity index (χ4v) is 1.97. The lowest BCUT2D eigenvalue weighted by atomic mass is 10.1. The molecular formula is C14H20ClNO2. The molecule has 3 nitrogen and oxygen atoms in total. The van der Waals surface area contributed by atoms with E-state index in [1.54, 1.807) is 7.11 Å². The molecule has 0 heterocycles. The first-order valence-corrected chi connectivity index (χ1v) is 6.43. The molecule has 0 bridgehead atoms. The SMILES string of the molecule is CCOc1cc(C=C(CC)CN)cc(Cl)c1OC. The molecule has 0 spiro atoms. The summed E-state index contributed by atoms with van der Waals surface area (Å²) < 4.78 is 10.8. The Hall–Kier alpha value is -1.19. The Morgan fingerprint density at radius 2 is 2.11 bits per heavy atom. The van der Waals surface area contributed by atoms with Crippen molar-refractivity contribution in [3.63, 3.8) is 0 Å². The van der Waals surface area contributed by atoms with Crippen LogP contribution in [0, 0.1) is 0 Å². The molecule has 0 aliphatic rings. The third-order valence-electron chi connectivity index (χ3n) is 2.62. The highest BCUT2D eigenvalue weighted by molar-refractivity contribution is 6.32. The van der Waals surface area contributed by atoms with E-state index in [4.69, 9.17) is 26.8 Å². The monoisotopic (exact) mass is 269 g/mol. The number of nitrogens with two attached hydrogens (primary N) is 1. The van der Waals surface area contributed by atoms with Gasteiger partial charge < -0.3 is 15.2 Å². The van der Waals surface area contributed by atoms with Gasteiger partial charge in [-0.1, -0.05) is 30.2 Å². The predicted octanol–water partition coefficient (Wildman–Crippen LogP) is 3.50. The normalized spacial score (nSPS) is 11.5. The molecular weight excluding hydrogens is 250 g/mol. The molecule has 100 valence electrons. The van der Waals surface area contributed by atoms with Gasteiger partial charge in [-0.2, -0.15) is 0 Å². The molecule has 0 aliphatic carbocycles. The summed E-state index contributed by atoms with van der Waals surface area (Å²) in [5, 5.41) is 0.544. The summed E-state index contributed by atoms with van der Waals surface area (Å²) >= 11 is 6.17. The van der Waals surface area contributed by atoms with Crippen molar-refractivity contribution in [2.75, 3.05) is 20.3 Å². The first kappa shape index (κ1) is 14.9. The van der Waals surface area contributed by atoms with E-state index in [1.807, 2.05) is 25.1 Å². The molecule has 1 aromatic carbocycles. The second kappa shape index (κ2) is 7.29. The topological polar surface area (TPSA) is 44.5 Å². The predicted molar refractivity (Wildman–Crippen MR) is 76.5 cm³/mol. The van der Waals surface area contributed by atoms with Crippen LogP contribution in [0.4, 0.5) is 0 Å². The molecule has 1 aromatic rings. The van der Waals surface area contributed by atoms with Gasteiger partial charge >= 0.3 is 0 Å². The second-order valence-corrected chi connectivity index (χ2v) is 4.23. The molecule has 0 unspecified atom stereocenters. The van der Waals surface area contributed by atoms with Gasteiger partial charge in [0.1, 0.15) is 0 Å². The quantitative estimate of drug-likeness (QED) is 0.860. The van der Waals surface area contributed by atoms with Crippen molar-refractivity contribution in [2.45, 2.75) is 20.3 Å². The van der Waals surface area contributed by atoms with E-state index in [1.165, 1.54) is 5.57 Å². The Balaban J connectivity index is 3.19. The van der Waals surface area contributed by atoms with Crippen LogP contribution in [0.2, 0.25) is 5.02 Å². The number of benzene rings is 1. The van der Waals surface area contributed by atoms with E-state index in [0.29, 0.717) is 29.7 Å². The summed E-state index contributed by atoms with van der Waals surface area (Å²) in [6, 6.07) is 3.77. The molecule has 0 radical (unpaired) electrons. The zero-order valence-corrected chi connectivity index (χ0v) is 11.9. The minimum absolute atomic E-state index is 0.544. The summed E-state index contributed by atoms with van der Waals surface area (Å²) in [4.78, 5) is 0. The summed E-state index contributed by atoms with van der Waals surface area (Å²) in [5.74, 6) is 1.23. The maximum absolute atomic E-state index is 6.17. The lowest BCUT2D eigenvalue weighted by Crippen LogP contribution is -2.02. The van der Waals surface area contributed by atoms with Crippen LogP contribution in [0.1, 0.15) is 25.8 Å². The first-order chi connectivity index (χ1) is 8.65. The molecule has 2 N–H and O–H groups in total. The van der Waals surface area contributed by atoms with Crippen molar-refractivity contribution in [3.05, 3.63) is 28.3 Å². The van der Waals surface area contributed by atoms with Crippen LogP contribution < -0.4 is 15.2 Å². The lowest BCUT2D eigenvalue weighted by Gasteiger charge is -2.12. The fourth-order valence-electron chi connectivity index (χ4n) is 1.67. The van der Waals surface area contributed by atoms with Crippen molar-refractivity contribution in [1.82, 2.24) is 0 Å². The number of hydrogen-bond donors (Lipinski definition) is 1. The van der Waals surface area contributed by atoms with Crippen molar-refractivity contribution < 1.29 is 9.47 Å². The number of hydrogen-bond acceptors (Lipinski definition) is 3. The van der Waals surface area contributed by atoms with Gasteiger partial charge in [-0.25, -0.2) is 0 Å². The van der Waals surface area contributed by atoms with Gasteiger partial charge in [-0.3, -0.25) is 0 Å². The Labute approximate surface area is 114 Å². The minimum Gasteiger partial charge on any atom is -0.491 e. The molecule has 0 aliphatic heterocycles. The standard InChI is InChI=1S/C14H20ClNO2/c1-4-10(9-16)6-11-7-12(15)14(17-3)13(8-11)18-5-2/h6-8H,4-5,9,16H2,1-3H3. The van der Waals surface area contributed by atoms with E-state index < -0.39 is 0 Å². The minimum atomic E-state index is 0.544. The van der Waals surface area contributed by atoms with Crippen molar-refractivity contribution in [3.8, 4) is 11.5 Å². The molecule has 4 heteroatoms. The van der Waals surface area contributed by atoms with Gasteiger partial charge in [0.2, 0.25) is 0 Å². The summed E-state index contributed by atoms with van der Waals surface area (Å²) in [6.45, 7) is 5.11. The fraction of sp³-hybridized carbons (Fsp3) is 0.429. The van der Waals surface area contributed by atoms with E-state index in [-0.39, 0.29) is 0 Å². The third-order valence-corrected chi connectivity index (χ3v) is 2.90. The summed E-state index contributed by atoms with van der Waals surface area (Å²) in [5.41, 5.74) is 7.81. The summed E-state index contributed by atoms with van der Waals surface area (Å²) in [6.07, 6.45) is 2.96. The van der Waals surface area contributed by atoms with E-state index in [0.717, 1.165) is 12.0 Å². The van der Waals surface area contributed by atoms with Crippen LogP contribution in [0.3, 0.4) is 0 Å². The lowest BCUT2D eigenvalue weighted by molar-refractivity contribution is 0.311. The average Bonchev–Trinajstić information content (AvgIpc) is 2.36. The van der Waals surface area contributed by atoms with Crippen LogP contribution >= 0.6 is 11.6 Å². The van der Waals surface area contributed by atoms with Crippen molar-refractivity contribution >= 4 is 17.7 Å². The van der Waals surface area contributed by atoms with Gasteiger partial charge in [-0.05, 0) is 31.0 Å². The highest BCUT2D eigenvalue weighted by Gasteiger charge is 2.10. The van der Waals surface area contributed by atoms with Crippen molar-refractivity contribution in [1.29, 1.82) is 0 Å². The van der Waals surface area contributed by atoms with Crippen LogP contribution in [0.5, 0.6) is 11.5 Å². The molecule has 0 saturated carbocycles. The summed E-state index contributed by atoms with van der Waals surface area (Å²) in [7, 11) is 1.58. The van der Waals surface area contributed by atoms with Crippen LogP contribution in [0.15, 0.2) is 17.7 Å². The molecule has 0 saturated heterocycles. The second-order valence-electron chi connectivity index (χ2n) is 3.83. The molecule has 18 heavy (non-hydrogen) atoms. The molecule has 0 amide bonds. The number of halogens is 1. The Bertz CT molecular complexity index is 424. The number of ether oxygens (including phenoxy) is 2. The van der Waals surface area contributed by atoms with Gasteiger partial charge in [0.05, 0.1) is 18.7 Å². The van der Waals surface area contributed by atoms with Crippen LogP contribution in [-0.4, -0.2) is 20.3 Å². The molecule has 0 fully saturated rings. The van der Waals surface area contributed by atoms with Gasteiger partial charge in [0.15, 0.2) is 11.5 Å². The van der Waals surface area contributed by atoms with E-state index in [9.17, 15) is 0 Å². The van der Waals surface area contributed by atoms with E-state index in [2.05, 4.69) is 6.92 Å². The van der Waals surface area contributed by atoms with Crippen molar-refractivity contribution in [2.24, 2.45) is 5.73 Å². The number of rotatable bonds is 6. The van der Waals surface area contributed by atoms with Gasteiger partial charge in [-0.15, -0.1) is 0 Å². The molecule has 1 rings (SSSR count). The Morgan fingerprint density at radius 3 is 2.61 bits per heavy atom. The van der Waals surface area contributed by atoms with Gasteiger partial charge in [0.25, 0.3) is 0 Å². The number of methoxy groups -OCH3 is 1. The Morgan fingerprint density at radius 1 is 1.39 bits per heavy atom. The van der Waals surface area contributed by atoms with Crippen LogP contribution in [-0.2, 0) is 0 Å². The first-order valence-electron chi connectivity index (χ1n) is 6.06. The molecule has 0 aromatic heterocycles. The highest BCUT2D eigenvalue weighted by Crippen LogP contribution is 2.36. The average molecular weight is 270 g/mol. The smallest absolute Gasteiger partial charge is 0.179 e. The Kier molecular flexibility index (Phi) is 6.02. The maximum atomic E-state index is 6.17. The van der Waals surface area contributed by atoms with Crippen LogP contribution in [0.25, 0.3) is 6.08 Å². The highest BCUT2D eigenvalue weighted by atomic mass is 35.5. The third kappa shape index (κ3) is 3.65. The maximum Gasteiger partial charge on any atom is 0.179 e. The zero-order valence-electron chi connectivity index (χ0n) is 11.1. The largest absolute Gasteiger partial charge is 0.491 e. The van der Waals surface area contributed by atoms with Gasteiger partial charge in [0, 0.05) is 6.54 Å². The van der Waals surface area contributed by atoms with E-state index >= 15 is 0 Å². The zero-order chi connectivity index (χ0) is 13.5. The molecule has 0 atom stereocenters.